The van der Waals surface area contributed by atoms with Gasteiger partial charge in [-0.3, -0.25) is 0 Å². The molecule has 11 heteroatoms. The molecular weight excluding hydrogens is 385 g/mol. The molecule has 0 radical (unpaired) electrons. The molecule has 1 aliphatic heterocycles. The third-order valence-electron chi connectivity index (χ3n) is 4.30. The number of aromatic nitrogens is 2. The number of hydrogen-bond donors (Lipinski definition) is 0. The van der Waals surface area contributed by atoms with E-state index in [0.717, 1.165) is 12.3 Å². The second-order valence-electron chi connectivity index (χ2n) is 6.27. The van der Waals surface area contributed by atoms with E-state index in [-0.39, 0.29) is 29.8 Å². The van der Waals surface area contributed by atoms with Crippen molar-refractivity contribution in [3.05, 3.63) is 35.5 Å². The fraction of sp³-hybridized carbons (Fsp3) is 0.467. The van der Waals surface area contributed by atoms with Crippen LogP contribution in [-0.2, 0) is 19.9 Å². The van der Waals surface area contributed by atoms with Crippen molar-refractivity contribution >= 4 is 19.9 Å². The van der Waals surface area contributed by atoms with Crippen molar-refractivity contribution in [2.45, 2.75) is 35.8 Å². The Labute approximate surface area is 151 Å². The third-order valence-corrected chi connectivity index (χ3v) is 7.16. The van der Waals surface area contributed by atoms with Gasteiger partial charge in [0, 0.05) is 25.3 Å². The van der Waals surface area contributed by atoms with E-state index in [9.17, 15) is 21.2 Å². The van der Waals surface area contributed by atoms with Crippen LogP contribution < -0.4 is 0 Å². The predicted molar refractivity (Wildman–Crippen MR) is 89.3 cm³/mol. The summed E-state index contributed by atoms with van der Waals surface area (Å²) in [7, 11) is -7.31. The summed E-state index contributed by atoms with van der Waals surface area (Å²) in [5, 5.41) is 6.86. The molecule has 0 bridgehead atoms. The lowest BCUT2D eigenvalue weighted by Crippen LogP contribution is -2.38. The van der Waals surface area contributed by atoms with Gasteiger partial charge in [0.1, 0.15) is 5.82 Å². The fourth-order valence-electron chi connectivity index (χ4n) is 2.92. The molecule has 1 saturated heterocycles. The number of sulfonamides is 1. The second-order valence-corrected chi connectivity index (χ2v) is 10.1. The average molecular weight is 403 g/mol. The lowest BCUT2D eigenvalue weighted by molar-refractivity contribution is 0.278. The number of rotatable bonds is 4. The Morgan fingerprint density at radius 1 is 1.15 bits per heavy atom. The van der Waals surface area contributed by atoms with E-state index in [2.05, 4.69) is 10.2 Å². The number of piperidine rings is 1. The van der Waals surface area contributed by atoms with Crippen LogP contribution in [0.3, 0.4) is 0 Å². The van der Waals surface area contributed by atoms with Crippen molar-refractivity contribution in [3.63, 3.8) is 0 Å². The van der Waals surface area contributed by atoms with E-state index in [1.54, 1.807) is 6.92 Å². The normalized spacial score (nSPS) is 17.5. The summed E-state index contributed by atoms with van der Waals surface area (Å²) in [6.07, 6.45) is 1.82. The minimum absolute atomic E-state index is 0.0782. The number of sulfone groups is 1. The summed E-state index contributed by atoms with van der Waals surface area (Å²) in [5.74, 6) is -0.502. The highest BCUT2D eigenvalue weighted by Crippen LogP contribution is 2.31. The van der Waals surface area contributed by atoms with Crippen LogP contribution >= 0.6 is 0 Å². The van der Waals surface area contributed by atoms with Crippen molar-refractivity contribution < 1.29 is 25.6 Å². The van der Waals surface area contributed by atoms with Gasteiger partial charge in [-0.25, -0.2) is 21.2 Å². The minimum atomic E-state index is -3.73. The fourth-order valence-corrected chi connectivity index (χ4v) is 5.02. The van der Waals surface area contributed by atoms with E-state index in [1.807, 2.05) is 0 Å². The summed E-state index contributed by atoms with van der Waals surface area (Å²) in [4.78, 5) is 0.0782. The summed E-state index contributed by atoms with van der Waals surface area (Å²) < 4.78 is 68.1. The largest absolute Gasteiger partial charge is 0.412 e. The van der Waals surface area contributed by atoms with Crippen molar-refractivity contribution in [2.75, 3.05) is 19.3 Å². The zero-order valence-corrected chi connectivity index (χ0v) is 15.8. The van der Waals surface area contributed by atoms with Gasteiger partial charge in [0.2, 0.25) is 25.8 Å². The lowest BCUT2D eigenvalue weighted by atomic mass is 9.98. The number of hydrogen-bond acceptors (Lipinski definition) is 7. The molecule has 0 aliphatic carbocycles. The molecule has 2 aromatic rings. The van der Waals surface area contributed by atoms with Gasteiger partial charge in [0.05, 0.1) is 4.90 Å². The Kier molecular flexibility index (Phi) is 4.88. The molecule has 1 aromatic heterocycles. The molecule has 8 nitrogen and oxygen atoms in total. The first-order valence-electron chi connectivity index (χ1n) is 7.89. The molecule has 1 aliphatic rings. The molecule has 2 heterocycles. The van der Waals surface area contributed by atoms with Crippen molar-refractivity contribution in [3.8, 4) is 0 Å². The number of aryl methyl sites for hydroxylation is 1. The Morgan fingerprint density at radius 2 is 1.81 bits per heavy atom. The van der Waals surface area contributed by atoms with Crippen molar-refractivity contribution in [1.29, 1.82) is 0 Å². The Balaban J connectivity index is 1.74. The number of halogens is 1. The van der Waals surface area contributed by atoms with Crippen molar-refractivity contribution in [1.82, 2.24) is 14.5 Å². The summed E-state index contributed by atoms with van der Waals surface area (Å²) in [6.45, 7) is 1.99. The number of nitrogens with zero attached hydrogens (tertiary/aromatic N) is 3. The molecule has 0 amide bonds. The predicted octanol–water partition coefficient (Wildman–Crippen LogP) is 1.49. The summed E-state index contributed by atoms with van der Waals surface area (Å²) in [6, 6.07) is 3.57. The van der Waals surface area contributed by atoms with Gasteiger partial charge in [0.25, 0.3) is 0 Å². The maximum atomic E-state index is 13.2. The van der Waals surface area contributed by atoms with Crippen LogP contribution in [0.2, 0.25) is 0 Å². The highest BCUT2D eigenvalue weighted by molar-refractivity contribution is 7.90. The maximum Gasteiger partial charge on any atom is 0.335 e. The van der Waals surface area contributed by atoms with E-state index in [4.69, 9.17) is 4.42 Å². The first-order valence-corrected chi connectivity index (χ1v) is 11.2. The molecule has 3 rings (SSSR count). The molecular formula is C15H18FN3O5S2. The zero-order chi connectivity index (χ0) is 19.1. The van der Waals surface area contributed by atoms with Crippen LogP contribution in [0.4, 0.5) is 4.39 Å². The minimum Gasteiger partial charge on any atom is -0.412 e. The first kappa shape index (κ1) is 18.9. The van der Waals surface area contributed by atoms with Crippen LogP contribution in [-0.4, -0.2) is 50.7 Å². The van der Waals surface area contributed by atoms with Gasteiger partial charge in [-0.05, 0) is 43.5 Å². The molecule has 0 unspecified atom stereocenters. The molecule has 0 spiro atoms. The Bertz CT molecular complexity index is 1030. The standard InChI is InChI=1S/C15H18FN3O5S2/c1-10-9-12(16)3-4-13(10)26(22,23)19-7-5-11(6-8-19)14-17-18-15(24-14)25(2,20)21/h3-4,9,11H,5-8H2,1-2H3. The lowest BCUT2D eigenvalue weighted by Gasteiger charge is -2.30. The molecule has 0 N–H and O–H groups in total. The maximum absolute atomic E-state index is 13.2. The van der Waals surface area contributed by atoms with Crippen molar-refractivity contribution in [2.24, 2.45) is 0 Å². The topological polar surface area (TPSA) is 110 Å². The Morgan fingerprint density at radius 3 is 2.35 bits per heavy atom. The van der Waals surface area contributed by atoms with E-state index < -0.39 is 30.9 Å². The molecule has 0 saturated carbocycles. The SMILES string of the molecule is Cc1cc(F)ccc1S(=O)(=O)N1CCC(c2nnc(S(C)(=O)=O)o2)CC1. The van der Waals surface area contributed by atoms with Gasteiger partial charge < -0.3 is 4.42 Å². The highest BCUT2D eigenvalue weighted by atomic mass is 32.2. The number of benzene rings is 1. The van der Waals surface area contributed by atoms with Crippen LogP contribution in [0.1, 0.15) is 30.2 Å². The summed E-state index contributed by atoms with van der Waals surface area (Å²) in [5.41, 5.74) is 0.349. The quantitative estimate of drug-likeness (QED) is 0.760. The second kappa shape index (κ2) is 6.71. The van der Waals surface area contributed by atoms with Gasteiger partial charge >= 0.3 is 5.22 Å². The Hall–Kier alpha value is -1.85. The average Bonchev–Trinajstić information content (AvgIpc) is 3.05. The monoisotopic (exact) mass is 403 g/mol. The van der Waals surface area contributed by atoms with Crippen LogP contribution in [0, 0.1) is 12.7 Å². The van der Waals surface area contributed by atoms with E-state index in [0.29, 0.717) is 18.4 Å². The van der Waals surface area contributed by atoms with Crippen LogP contribution in [0.25, 0.3) is 0 Å². The molecule has 26 heavy (non-hydrogen) atoms. The van der Waals surface area contributed by atoms with E-state index >= 15 is 0 Å². The molecule has 0 atom stereocenters. The molecule has 1 aromatic carbocycles. The van der Waals surface area contributed by atoms with Gasteiger partial charge in [-0.15, -0.1) is 5.10 Å². The highest BCUT2D eigenvalue weighted by Gasteiger charge is 2.33. The van der Waals surface area contributed by atoms with Gasteiger partial charge in [0.15, 0.2) is 0 Å². The van der Waals surface area contributed by atoms with Crippen LogP contribution in [0.5, 0.6) is 0 Å². The zero-order valence-electron chi connectivity index (χ0n) is 14.2. The first-order chi connectivity index (χ1) is 12.1. The molecule has 142 valence electrons. The smallest absolute Gasteiger partial charge is 0.335 e. The molecule has 1 fully saturated rings. The van der Waals surface area contributed by atoms with Gasteiger partial charge in [-0.2, -0.15) is 4.31 Å². The van der Waals surface area contributed by atoms with Crippen LogP contribution in [0.15, 0.2) is 32.7 Å². The third kappa shape index (κ3) is 3.64. The summed E-state index contributed by atoms with van der Waals surface area (Å²) >= 11 is 0. The van der Waals surface area contributed by atoms with Gasteiger partial charge in [-0.1, -0.05) is 5.10 Å². The van der Waals surface area contributed by atoms with E-state index in [1.165, 1.54) is 16.4 Å².